The van der Waals surface area contributed by atoms with Crippen molar-refractivity contribution in [2.75, 3.05) is 0 Å². The van der Waals surface area contributed by atoms with E-state index in [4.69, 9.17) is 0 Å². The Labute approximate surface area is 107 Å². The van der Waals surface area contributed by atoms with Gasteiger partial charge in [-0.3, -0.25) is 4.79 Å². The minimum Gasteiger partial charge on any atom is -0.294 e. The van der Waals surface area contributed by atoms with Gasteiger partial charge in [-0.25, -0.2) is 13.1 Å². The van der Waals surface area contributed by atoms with E-state index in [9.17, 15) is 13.2 Å². The molecular weight excluding hydrogens is 250 g/mol. The van der Waals surface area contributed by atoms with Crippen LogP contribution >= 0.6 is 0 Å². The predicted octanol–water partition coefficient (Wildman–Crippen LogP) is 2.11. The van der Waals surface area contributed by atoms with Crippen LogP contribution in [0.3, 0.4) is 0 Å². The van der Waals surface area contributed by atoms with Crippen LogP contribution in [-0.4, -0.2) is 19.7 Å². The Morgan fingerprint density at radius 3 is 2.61 bits per heavy atom. The third-order valence-corrected chi connectivity index (χ3v) is 4.80. The van der Waals surface area contributed by atoms with E-state index in [0.717, 1.165) is 12.8 Å². The summed E-state index contributed by atoms with van der Waals surface area (Å²) in [4.78, 5) is 11.7. The summed E-state index contributed by atoms with van der Waals surface area (Å²) in [6.07, 6.45) is 2.09. The molecule has 0 aromatic heterocycles. The first-order valence-electron chi connectivity index (χ1n) is 6.03. The molecule has 0 aliphatic heterocycles. The highest BCUT2D eigenvalue weighted by Crippen LogP contribution is 2.35. The van der Waals surface area contributed by atoms with E-state index in [-0.39, 0.29) is 16.2 Å². The first kappa shape index (κ1) is 13.2. The van der Waals surface area contributed by atoms with Gasteiger partial charge < -0.3 is 0 Å². The van der Waals surface area contributed by atoms with Gasteiger partial charge in [-0.2, -0.15) is 0 Å². The van der Waals surface area contributed by atoms with E-state index in [2.05, 4.69) is 4.72 Å². The average molecular weight is 267 g/mol. The van der Waals surface area contributed by atoms with Crippen molar-refractivity contribution in [2.45, 2.75) is 43.5 Å². The number of Topliss-reactive ketones (excluding diaryl/α,β-unsaturated/α-hetero) is 1. The number of ketones is 1. The van der Waals surface area contributed by atoms with Gasteiger partial charge in [0.05, 0.1) is 4.90 Å². The SMILES string of the molecule is CCC(=O)c1cccc(S(=O)(=O)NC2(C)CC2)c1. The lowest BCUT2D eigenvalue weighted by Crippen LogP contribution is -2.34. The van der Waals surface area contributed by atoms with Gasteiger partial charge in [-0.05, 0) is 31.9 Å². The third-order valence-electron chi connectivity index (χ3n) is 3.17. The molecule has 98 valence electrons. The number of carbonyl (C=O) groups excluding carboxylic acids is 1. The monoisotopic (exact) mass is 267 g/mol. The number of benzene rings is 1. The van der Waals surface area contributed by atoms with Crippen molar-refractivity contribution in [3.8, 4) is 0 Å². The molecule has 1 aliphatic rings. The highest BCUT2D eigenvalue weighted by Gasteiger charge is 2.41. The quantitative estimate of drug-likeness (QED) is 0.831. The molecule has 4 nitrogen and oxygen atoms in total. The van der Waals surface area contributed by atoms with Crippen LogP contribution in [0.4, 0.5) is 0 Å². The summed E-state index contributed by atoms with van der Waals surface area (Å²) < 4.78 is 26.9. The van der Waals surface area contributed by atoms with Crippen LogP contribution in [0.5, 0.6) is 0 Å². The molecule has 0 bridgehead atoms. The molecule has 1 aliphatic carbocycles. The summed E-state index contributed by atoms with van der Waals surface area (Å²) in [5.41, 5.74) is 0.144. The van der Waals surface area contributed by atoms with Crippen LogP contribution in [0.2, 0.25) is 0 Å². The molecule has 1 aromatic rings. The lowest BCUT2D eigenvalue weighted by molar-refractivity contribution is 0.0988. The Bertz CT molecular complexity index is 574. The summed E-state index contributed by atoms with van der Waals surface area (Å²) >= 11 is 0. The molecule has 0 heterocycles. The van der Waals surface area contributed by atoms with Gasteiger partial charge in [-0.1, -0.05) is 19.1 Å². The molecule has 0 radical (unpaired) electrons. The summed E-state index contributed by atoms with van der Waals surface area (Å²) in [6.45, 7) is 3.64. The van der Waals surface area contributed by atoms with Crippen LogP contribution in [0.25, 0.3) is 0 Å². The molecule has 5 heteroatoms. The standard InChI is InChI=1S/C13H17NO3S/c1-3-12(15)10-5-4-6-11(9-10)18(16,17)14-13(2)7-8-13/h4-6,9,14H,3,7-8H2,1-2H3. The molecule has 0 unspecified atom stereocenters. The molecule has 1 saturated carbocycles. The molecule has 0 saturated heterocycles. The zero-order valence-corrected chi connectivity index (χ0v) is 11.4. The third kappa shape index (κ3) is 2.79. The van der Waals surface area contributed by atoms with Crippen LogP contribution in [0.15, 0.2) is 29.2 Å². The number of rotatable bonds is 5. The van der Waals surface area contributed by atoms with Crippen molar-refractivity contribution in [3.05, 3.63) is 29.8 Å². The van der Waals surface area contributed by atoms with Gasteiger partial charge in [0.2, 0.25) is 10.0 Å². The number of hydrogen-bond donors (Lipinski definition) is 1. The second-order valence-corrected chi connectivity index (χ2v) is 6.65. The Kier molecular flexibility index (Phi) is 3.29. The van der Waals surface area contributed by atoms with Gasteiger partial charge in [0.1, 0.15) is 0 Å². The van der Waals surface area contributed by atoms with Crippen molar-refractivity contribution >= 4 is 15.8 Å². The zero-order valence-electron chi connectivity index (χ0n) is 10.6. The summed E-state index contributed by atoms with van der Waals surface area (Å²) in [5, 5.41) is 0. The van der Waals surface area contributed by atoms with Crippen LogP contribution < -0.4 is 4.72 Å². The summed E-state index contributed by atoms with van der Waals surface area (Å²) in [7, 11) is -3.52. The van der Waals surface area contributed by atoms with Gasteiger partial charge in [0, 0.05) is 17.5 Å². The predicted molar refractivity (Wildman–Crippen MR) is 69.0 cm³/mol. The second-order valence-electron chi connectivity index (χ2n) is 4.97. The summed E-state index contributed by atoms with van der Waals surface area (Å²) in [6, 6.07) is 6.21. The van der Waals surface area contributed by atoms with E-state index in [1.165, 1.54) is 12.1 Å². The lowest BCUT2D eigenvalue weighted by atomic mass is 10.1. The first-order valence-corrected chi connectivity index (χ1v) is 7.52. The average Bonchev–Trinajstić information content (AvgIpc) is 3.05. The van der Waals surface area contributed by atoms with Crippen molar-refractivity contribution in [2.24, 2.45) is 0 Å². The highest BCUT2D eigenvalue weighted by molar-refractivity contribution is 7.89. The number of hydrogen-bond acceptors (Lipinski definition) is 3. The van der Waals surface area contributed by atoms with Gasteiger partial charge >= 0.3 is 0 Å². The fourth-order valence-electron chi connectivity index (χ4n) is 1.71. The van der Waals surface area contributed by atoms with Crippen molar-refractivity contribution in [3.63, 3.8) is 0 Å². The van der Waals surface area contributed by atoms with Crippen molar-refractivity contribution in [1.82, 2.24) is 4.72 Å². The second kappa shape index (κ2) is 4.48. The Morgan fingerprint density at radius 1 is 1.39 bits per heavy atom. The number of sulfonamides is 1. The Hall–Kier alpha value is -1.20. The molecule has 1 fully saturated rings. The highest BCUT2D eigenvalue weighted by atomic mass is 32.2. The Balaban J connectivity index is 2.30. The molecule has 1 aromatic carbocycles. The maximum atomic E-state index is 12.1. The lowest BCUT2D eigenvalue weighted by Gasteiger charge is -2.12. The van der Waals surface area contributed by atoms with Crippen LogP contribution in [0, 0.1) is 0 Å². The molecular formula is C13H17NO3S. The van der Waals surface area contributed by atoms with Gasteiger partial charge in [0.15, 0.2) is 5.78 Å². The van der Waals surface area contributed by atoms with Crippen molar-refractivity contribution < 1.29 is 13.2 Å². The number of carbonyl (C=O) groups is 1. The molecule has 0 amide bonds. The normalized spacial score (nSPS) is 17.4. The van der Waals surface area contributed by atoms with Crippen LogP contribution in [0.1, 0.15) is 43.5 Å². The molecule has 0 atom stereocenters. The largest absolute Gasteiger partial charge is 0.294 e. The van der Waals surface area contributed by atoms with Gasteiger partial charge in [0.25, 0.3) is 0 Å². The minimum atomic E-state index is -3.52. The maximum Gasteiger partial charge on any atom is 0.241 e. The maximum absolute atomic E-state index is 12.1. The van der Waals surface area contributed by atoms with Crippen molar-refractivity contribution in [1.29, 1.82) is 0 Å². The molecule has 2 rings (SSSR count). The molecule has 1 N–H and O–H groups in total. The number of nitrogens with one attached hydrogen (secondary N) is 1. The molecule has 0 spiro atoms. The van der Waals surface area contributed by atoms with E-state index in [0.29, 0.717) is 12.0 Å². The fraction of sp³-hybridized carbons (Fsp3) is 0.462. The van der Waals surface area contributed by atoms with E-state index < -0.39 is 10.0 Å². The van der Waals surface area contributed by atoms with Crippen LogP contribution in [-0.2, 0) is 10.0 Å². The summed E-state index contributed by atoms with van der Waals surface area (Å²) in [5.74, 6) is -0.0512. The van der Waals surface area contributed by atoms with Gasteiger partial charge in [-0.15, -0.1) is 0 Å². The minimum absolute atomic E-state index is 0.0512. The van der Waals surface area contributed by atoms with E-state index >= 15 is 0 Å². The smallest absolute Gasteiger partial charge is 0.241 e. The Morgan fingerprint density at radius 2 is 2.06 bits per heavy atom. The van der Waals surface area contributed by atoms with E-state index in [1.807, 2.05) is 6.92 Å². The molecule has 18 heavy (non-hydrogen) atoms. The first-order chi connectivity index (χ1) is 8.36. The topological polar surface area (TPSA) is 63.2 Å². The zero-order chi connectivity index (χ0) is 13.4. The van der Waals surface area contributed by atoms with E-state index in [1.54, 1.807) is 19.1 Å². The fourth-order valence-corrected chi connectivity index (χ4v) is 3.22.